The lowest BCUT2D eigenvalue weighted by molar-refractivity contribution is 0.102. The lowest BCUT2D eigenvalue weighted by Crippen LogP contribution is -2.13. The second kappa shape index (κ2) is 5.61. The van der Waals surface area contributed by atoms with Crippen molar-refractivity contribution in [1.29, 1.82) is 0 Å². The molecule has 1 amide bonds. The van der Waals surface area contributed by atoms with Gasteiger partial charge >= 0.3 is 0 Å². The van der Waals surface area contributed by atoms with Gasteiger partial charge in [0.25, 0.3) is 5.91 Å². The number of aryl methyl sites for hydroxylation is 2. The van der Waals surface area contributed by atoms with Crippen LogP contribution in [0.5, 0.6) is 0 Å². The first-order chi connectivity index (χ1) is 11.6. The van der Waals surface area contributed by atoms with Crippen LogP contribution in [-0.4, -0.2) is 21.0 Å². The zero-order valence-corrected chi connectivity index (χ0v) is 13.9. The van der Waals surface area contributed by atoms with E-state index in [9.17, 15) is 4.79 Å². The molecule has 0 unspecified atom stereocenters. The van der Waals surface area contributed by atoms with Gasteiger partial charge in [0.1, 0.15) is 11.3 Å². The Morgan fingerprint density at radius 1 is 1.29 bits per heavy atom. The van der Waals surface area contributed by atoms with Crippen LogP contribution in [-0.2, 0) is 0 Å². The van der Waals surface area contributed by atoms with Crippen LogP contribution in [0.4, 0.5) is 5.13 Å². The average molecular weight is 338 g/mol. The summed E-state index contributed by atoms with van der Waals surface area (Å²) >= 11 is 1.39. The number of para-hydroxylation sites is 1. The monoisotopic (exact) mass is 338 g/mol. The number of H-pyrrole nitrogens is 1. The molecular weight excluding hydrogens is 324 g/mol. The first-order valence-corrected chi connectivity index (χ1v) is 8.27. The highest BCUT2D eigenvalue weighted by atomic mass is 32.1. The molecule has 0 aliphatic carbocycles. The molecule has 24 heavy (non-hydrogen) atoms. The third-order valence-electron chi connectivity index (χ3n) is 3.85. The van der Waals surface area contributed by atoms with E-state index < -0.39 is 0 Å². The van der Waals surface area contributed by atoms with Crippen molar-refractivity contribution in [2.75, 3.05) is 5.32 Å². The van der Waals surface area contributed by atoms with E-state index in [0.29, 0.717) is 22.1 Å². The largest absolute Gasteiger partial charge is 0.361 e. The summed E-state index contributed by atoms with van der Waals surface area (Å²) in [6, 6.07) is 8.04. The fraction of sp³-hybridized carbons (Fsp3) is 0.118. The maximum atomic E-state index is 12.4. The van der Waals surface area contributed by atoms with Gasteiger partial charge in [-0.1, -0.05) is 23.4 Å². The van der Waals surface area contributed by atoms with Crippen molar-refractivity contribution in [3.63, 3.8) is 0 Å². The third-order valence-corrected chi connectivity index (χ3v) is 4.61. The third kappa shape index (κ3) is 2.39. The number of nitrogens with zero attached hydrogens (tertiary/aromatic N) is 2. The van der Waals surface area contributed by atoms with Gasteiger partial charge in [0.15, 0.2) is 5.13 Å². The first-order valence-electron chi connectivity index (χ1n) is 7.39. The zero-order valence-electron chi connectivity index (χ0n) is 13.1. The number of aromatic amines is 1. The number of amides is 1. The number of carbonyl (C=O) groups is 1. The molecule has 0 saturated carbocycles. The van der Waals surface area contributed by atoms with Crippen molar-refractivity contribution in [2.45, 2.75) is 13.8 Å². The molecule has 0 saturated heterocycles. The lowest BCUT2D eigenvalue weighted by Gasteiger charge is -2.00. The minimum Gasteiger partial charge on any atom is -0.361 e. The van der Waals surface area contributed by atoms with Gasteiger partial charge in [-0.25, -0.2) is 4.98 Å². The molecule has 0 radical (unpaired) electrons. The molecule has 1 aromatic carbocycles. The Balaban J connectivity index is 1.63. The Hall–Kier alpha value is -2.93. The summed E-state index contributed by atoms with van der Waals surface area (Å²) in [5, 5.41) is 10.2. The lowest BCUT2D eigenvalue weighted by atomic mass is 10.1. The van der Waals surface area contributed by atoms with Gasteiger partial charge < -0.3 is 9.51 Å². The molecule has 0 atom stereocenters. The van der Waals surface area contributed by atoms with Gasteiger partial charge in [-0.15, -0.1) is 11.3 Å². The van der Waals surface area contributed by atoms with Crippen molar-refractivity contribution in [2.24, 2.45) is 0 Å². The SMILES string of the molecule is Cc1noc(C)c1C(=O)Nc1nc(-c2c[nH]c3ccccc23)cs1. The van der Waals surface area contributed by atoms with Crippen LogP contribution in [0.3, 0.4) is 0 Å². The van der Waals surface area contributed by atoms with E-state index in [1.54, 1.807) is 13.8 Å². The highest BCUT2D eigenvalue weighted by Gasteiger charge is 2.19. The number of anilines is 1. The number of thiazole rings is 1. The summed E-state index contributed by atoms with van der Waals surface area (Å²) in [5.74, 6) is 0.240. The molecule has 3 aromatic heterocycles. The number of aromatic nitrogens is 3. The quantitative estimate of drug-likeness (QED) is 0.588. The number of fused-ring (bicyclic) bond motifs is 1. The van der Waals surface area contributed by atoms with Crippen LogP contribution in [0, 0.1) is 13.8 Å². The van der Waals surface area contributed by atoms with Crippen molar-refractivity contribution < 1.29 is 9.32 Å². The topological polar surface area (TPSA) is 83.8 Å². The number of rotatable bonds is 3. The normalized spacial score (nSPS) is 11.1. The second-order valence-corrected chi connectivity index (χ2v) is 6.30. The maximum absolute atomic E-state index is 12.4. The molecule has 4 rings (SSSR count). The van der Waals surface area contributed by atoms with Crippen LogP contribution in [0.1, 0.15) is 21.8 Å². The predicted molar refractivity (Wildman–Crippen MR) is 93.3 cm³/mol. The number of hydrogen-bond acceptors (Lipinski definition) is 5. The Kier molecular flexibility index (Phi) is 3.42. The van der Waals surface area contributed by atoms with Crippen LogP contribution >= 0.6 is 11.3 Å². The summed E-state index contributed by atoms with van der Waals surface area (Å²) in [7, 11) is 0. The van der Waals surface area contributed by atoms with Gasteiger partial charge in [0.2, 0.25) is 0 Å². The first kappa shape index (κ1) is 14.6. The van der Waals surface area contributed by atoms with E-state index in [-0.39, 0.29) is 5.91 Å². The fourth-order valence-electron chi connectivity index (χ4n) is 2.71. The molecule has 2 N–H and O–H groups in total. The molecule has 6 nitrogen and oxygen atoms in total. The highest BCUT2D eigenvalue weighted by molar-refractivity contribution is 7.14. The summed E-state index contributed by atoms with van der Waals surface area (Å²) < 4.78 is 5.03. The molecule has 0 aliphatic heterocycles. The summed E-state index contributed by atoms with van der Waals surface area (Å²) in [4.78, 5) is 20.1. The van der Waals surface area contributed by atoms with Gasteiger partial charge in [-0.2, -0.15) is 0 Å². The zero-order chi connectivity index (χ0) is 16.7. The van der Waals surface area contributed by atoms with E-state index in [4.69, 9.17) is 4.52 Å². The standard InChI is InChI=1S/C17H14N4O2S/c1-9-15(10(2)23-21-9)16(22)20-17-19-14(8-24-17)12-7-18-13-6-4-3-5-11(12)13/h3-8,18H,1-2H3,(H,19,20,22). The fourth-order valence-corrected chi connectivity index (χ4v) is 3.41. The Bertz CT molecular complexity index is 1020. The van der Waals surface area contributed by atoms with Gasteiger partial charge in [-0.05, 0) is 19.9 Å². The predicted octanol–water partition coefficient (Wildman–Crippen LogP) is 4.15. The van der Waals surface area contributed by atoms with Gasteiger partial charge in [0, 0.05) is 28.0 Å². The van der Waals surface area contributed by atoms with E-state index in [2.05, 4.69) is 20.4 Å². The Morgan fingerprint density at radius 3 is 2.92 bits per heavy atom. The van der Waals surface area contributed by atoms with Gasteiger partial charge in [-0.3, -0.25) is 10.1 Å². The second-order valence-electron chi connectivity index (χ2n) is 5.44. The minimum atomic E-state index is -0.258. The molecule has 4 aromatic rings. The molecule has 7 heteroatoms. The van der Waals surface area contributed by atoms with E-state index in [1.165, 1.54) is 11.3 Å². The highest BCUT2D eigenvalue weighted by Crippen LogP contribution is 2.31. The molecule has 3 heterocycles. The van der Waals surface area contributed by atoms with Crippen molar-refractivity contribution in [3.05, 3.63) is 52.9 Å². The van der Waals surface area contributed by atoms with Crippen LogP contribution < -0.4 is 5.32 Å². The van der Waals surface area contributed by atoms with Crippen molar-refractivity contribution >= 4 is 33.3 Å². The number of benzene rings is 1. The molecule has 0 spiro atoms. The molecule has 0 bridgehead atoms. The van der Waals surface area contributed by atoms with Crippen LogP contribution in [0.25, 0.3) is 22.2 Å². The smallest absolute Gasteiger partial charge is 0.262 e. The minimum absolute atomic E-state index is 0.258. The number of carbonyl (C=O) groups excluding carboxylic acids is 1. The molecule has 0 fully saturated rings. The summed E-state index contributed by atoms with van der Waals surface area (Å²) in [6.07, 6.45) is 1.93. The van der Waals surface area contributed by atoms with Gasteiger partial charge in [0.05, 0.1) is 11.4 Å². The Morgan fingerprint density at radius 2 is 2.12 bits per heavy atom. The average Bonchev–Trinajstić information content (AvgIpc) is 3.26. The van der Waals surface area contributed by atoms with E-state index in [0.717, 1.165) is 22.2 Å². The van der Waals surface area contributed by atoms with Crippen molar-refractivity contribution in [3.8, 4) is 11.3 Å². The van der Waals surface area contributed by atoms with E-state index >= 15 is 0 Å². The van der Waals surface area contributed by atoms with Crippen molar-refractivity contribution in [1.82, 2.24) is 15.1 Å². The molecule has 120 valence electrons. The molecular formula is C17H14N4O2S. The number of nitrogens with one attached hydrogen (secondary N) is 2. The molecule has 0 aliphatic rings. The summed E-state index contributed by atoms with van der Waals surface area (Å²) in [6.45, 7) is 3.46. The van der Waals surface area contributed by atoms with Crippen LogP contribution in [0.15, 0.2) is 40.4 Å². The maximum Gasteiger partial charge on any atom is 0.262 e. The van der Waals surface area contributed by atoms with E-state index in [1.807, 2.05) is 35.8 Å². The van der Waals surface area contributed by atoms with Crippen LogP contribution in [0.2, 0.25) is 0 Å². The number of hydrogen-bond donors (Lipinski definition) is 2. The summed E-state index contributed by atoms with van der Waals surface area (Å²) in [5.41, 5.74) is 3.92. The Labute approximate surface area is 141 Å².